The van der Waals surface area contributed by atoms with Crippen LogP contribution in [0.1, 0.15) is 33.9 Å². The minimum atomic E-state index is -0.555. The van der Waals surface area contributed by atoms with Crippen molar-refractivity contribution in [2.45, 2.75) is 26.8 Å². The van der Waals surface area contributed by atoms with Crippen molar-refractivity contribution in [3.05, 3.63) is 33.4 Å². The molecule has 0 aromatic carbocycles. The lowest BCUT2D eigenvalue weighted by Gasteiger charge is -2.14. The average molecular weight is 342 g/mol. The maximum atomic E-state index is 12.4. The molecule has 118 valence electrons. The first-order chi connectivity index (χ1) is 10.3. The number of esters is 1. The number of carbonyl (C=O) groups is 2. The summed E-state index contributed by atoms with van der Waals surface area (Å²) in [5.74, 6) is -0.763. The van der Waals surface area contributed by atoms with E-state index in [-0.39, 0.29) is 5.91 Å². The van der Waals surface area contributed by atoms with E-state index in [4.69, 9.17) is 16.3 Å². The van der Waals surface area contributed by atoms with Crippen LogP contribution in [0.4, 0.5) is 5.00 Å². The summed E-state index contributed by atoms with van der Waals surface area (Å²) >= 11 is 7.27. The smallest absolute Gasteiger partial charge is 0.340 e. The summed E-state index contributed by atoms with van der Waals surface area (Å²) in [6, 6.07) is 1.13. The molecule has 1 amide bonds. The predicted octanol–water partition coefficient (Wildman–Crippen LogP) is 3.20. The molecule has 2 heterocycles. The average Bonchev–Trinajstić information content (AvgIpc) is 3.01. The van der Waals surface area contributed by atoms with E-state index in [1.54, 1.807) is 19.9 Å². The monoisotopic (exact) mass is 341 g/mol. The van der Waals surface area contributed by atoms with E-state index in [0.29, 0.717) is 21.3 Å². The lowest BCUT2D eigenvalue weighted by molar-refractivity contribution is -0.119. The van der Waals surface area contributed by atoms with Gasteiger partial charge < -0.3 is 10.1 Å². The molecule has 0 radical (unpaired) electrons. The molecule has 6 nitrogen and oxygen atoms in total. The number of carbonyl (C=O) groups excluding carboxylic acids is 2. The van der Waals surface area contributed by atoms with Crippen LogP contribution < -0.4 is 5.32 Å². The number of halogens is 1. The van der Waals surface area contributed by atoms with Crippen LogP contribution in [0.15, 0.2) is 12.3 Å². The van der Waals surface area contributed by atoms with Gasteiger partial charge in [0.25, 0.3) is 0 Å². The Bertz CT molecular complexity index is 723. The van der Waals surface area contributed by atoms with Crippen molar-refractivity contribution in [3.8, 4) is 0 Å². The molecular weight excluding hydrogens is 326 g/mol. The van der Waals surface area contributed by atoms with Crippen molar-refractivity contribution in [1.29, 1.82) is 0 Å². The van der Waals surface area contributed by atoms with Gasteiger partial charge in [0.2, 0.25) is 5.91 Å². The van der Waals surface area contributed by atoms with Crippen molar-refractivity contribution in [1.82, 2.24) is 9.78 Å². The molecule has 2 rings (SSSR count). The third-order valence-corrected chi connectivity index (χ3v) is 4.57. The number of anilines is 1. The van der Waals surface area contributed by atoms with Crippen molar-refractivity contribution in [2.24, 2.45) is 0 Å². The summed E-state index contributed by atoms with van der Waals surface area (Å²) in [4.78, 5) is 25.0. The number of hydrogen-bond donors (Lipinski definition) is 1. The number of methoxy groups -OCH3 is 1. The topological polar surface area (TPSA) is 73.2 Å². The maximum Gasteiger partial charge on any atom is 0.340 e. The Labute approximate surface area is 137 Å². The molecule has 0 spiro atoms. The lowest BCUT2D eigenvalue weighted by Crippen LogP contribution is -2.25. The van der Waals surface area contributed by atoms with Crippen molar-refractivity contribution in [3.63, 3.8) is 0 Å². The zero-order chi connectivity index (χ0) is 16.4. The number of aryl methyl sites for hydroxylation is 1. The second-order valence-electron chi connectivity index (χ2n) is 4.78. The van der Waals surface area contributed by atoms with Gasteiger partial charge in [-0.2, -0.15) is 5.10 Å². The maximum absolute atomic E-state index is 12.4. The summed E-state index contributed by atoms with van der Waals surface area (Å²) in [6.45, 7) is 5.35. The standard InChI is InChI=1S/C14H16ClN3O3S/c1-7-5-10(14(20)21-4)13(22-7)17-12(19)9(3)18-8(2)11(15)6-16-18/h5-6,9H,1-4H3,(H,17,19). The first-order valence-corrected chi connectivity index (χ1v) is 7.73. The largest absolute Gasteiger partial charge is 0.465 e. The second-order valence-corrected chi connectivity index (χ2v) is 6.44. The van der Waals surface area contributed by atoms with Crippen LogP contribution in [0.25, 0.3) is 0 Å². The number of ether oxygens (including phenoxy) is 1. The van der Waals surface area contributed by atoms with Crippen molar-refractivity contribution >= 4 is 39.8 Å². The molecule has 1 unspecified atom stereocenters. The van der Waals surface area contributed by atoms with Crippen LogP contribution in [-0.2, 0) is 9.53 Å². The Morgan fingerprint density at radius 3 is 2.68 bits per heavy atom. The molecule has 0 saturated carbocycles. The van der Waals surface area contributed by atoms with E-state index < -0.39 is 12.0 Å². The van der Waals surface area contributed by atoms with Gasteiger partial charge in [-0.25, -0.2) is 4.79 Å². The fourth-order valence-electron chi connectivity index (χ4n) is 1.99. The van der Waals surface area contributed by atoms with Gasteiger partial charge >= 0.3 is 5.97 Å². The molecular formula is C14H16ClN3O3S. The van der Waals surface area contributed by atoms with E-state index in [0.717, 1.165) is 4.88 Å². The molecule has 1 atom stereocenters. The first-order valence-electron chi connectivity index (χ1n) is 6.54. The van der Waals surface area contributed by atoms with Gasteiger partial charge in [0.1, 0.15) is 11.0 Å². The number of amides is 1. The minimum absolute atomic E-state index is 0.283. The lowest BCUT2D eigenvalue weighted by atomic mass is 10.2. The summed E-state index contributed by atoms with van der Waals surface area (Å²) in [7, 11) is 1.30. The Morgan fingerprint density at radius 1 is 1.45 bits per heavy atom. The SMILES string of the molecule is COC(=O)c1cc(C)sc1NC(=O)C(C)n1ncc(Cl)c1C. The molecule has 0 aliphatic carbocycles. The Morgan fingerprint density at radius 2 is 2.14 bits per heavy atom. The third-order valence-electron chi connectivity index (χ3n) is 3.23. The fourth-order valence-corrected chi connectivity index (χ4v) is 3.02. The number of aromatic nitrogens is 2. The molecule has 22 heavy (non-hydrogen) atoms. The summed E-state index contributed by atoms with van der Waals surface area (Å²) in [6.07, 6.45) is 1.50. The normalized spacial score (nSPS) is 12.0. The molecule has 8 heteroatoms. The van der Waals surface area contributed by atoms with Gasteiger partial charge in [0, 0.05) is 4.88 Å². The molecule has 0 aliphatic rings. The number of nitrogens with zero attached hydrogens (tertiary/aromatic N) is 2. The van der Waals surface area contributed by atoms with Crippen LogP contribution in [-0.4, -0.2) is 28.8 Å². The molecule has 1 N–H and O–H groups in total. The molecule has 0 aliphatic heterocycles. The van der Waals surface area contributed by atoms with Crippen LogP contribution in [0, 0.1) is 13.8 Å². The Kier molecular flexibility index (Phi) is 4.87. The van der Waals surface area contributed by atoms with Crippen LogP contribution in [0.5, 0.6) is 0 Å². The number of thiophene rings is 1. The van der Waals surface area contributed by atoms with Gasteiger partial charge in [-0.15, -0.1) is 11.3 Å². The number of hydrogen-bond acceptors (Lipinski definition) is 5. The van der Waals surface area contributed by atoms with E-state index in [1.165, 1.54) is 29.3 Å². The highest BCUT2D eigenvalue weighted by Crippen LogP contribution is 2.29. The number of rotatable bonds is 4. The summed E-state index contributed by atoms with van der Waals surface area (Å²) in [5, 5.41) is 7.82. The highest BCUT2D eigenvalue weighted by molar-refractivity contribution is 7.16. The van der Waals surface area contributed by atoms with E-state index in [9.17, 15) is 9.59 Å². The highest BCUT2D eigenvalue weighted by Gasteiger charge is 2.22. The minimum Gasteiger partial charge on any atom is -0.465 e. The third kappa shape index (κ3) is 3.15. The quantitative estimate of drug-likeness (QED) is 0.867. The van der Waals surface area contributed by atoms with E-state index in [1.807, 2.05) is 6.92 Å². The molecule has 0 saturated heterocycles. The van der Waals surface area contributed by atoms with Gasteiger partial charge in [0.15, 0.2) is 0 Å². The second kappa shape index (κ2) is 6.50. The molecule has 0 fully saturated rings. The Hall–Kier alpha value is -1.86. The molecule has 2 aromatic rings. The van der Waals surface area contributed by atoms with E-state index in [2.05, 4.69) is 10.4 Å². The predicted molar refractivity (Wildman–Crippen MR) is 85.7 cm³/mol. The molecule has 0 bridgehead atoms. The highest BCUT2D eigenvalue weighted by atomic mass is 35.5. The van der Waals surface area contributed by atoms with E-state index >= 15 is 0 Å². The Balaban J connectivity index is 2.22. The van der Waals surface area contributed by atoms with Gasteiger partial charge in [0.05, 0.1) is 29.6 Å². The van der Waals surface area contributed by atoms with Gasteiger partial charge in [-0.1, -0.05) is 11.6 Å². The van der Waals surface area contributed by atoms with Gasteiger partial charge in [-0.05, 0) is 26.8 Å². The zero-order valence-corrected chi connectivity index (χ0v) is 14.2. The first kappa shape index (κ1) is 16.5. The summed E-state index contributed by atoms with van der Waals surface area (Å²) in [5.41, 5.74) is 1.06. The van der Waals surface area contributed by atoms with Crippen molar-refractivity contribution in [2.75, 3.05) is 12.4 Å². The van der Waals surface area contributed by atoms with Crippen LogP contribution in [0.2, 0.25) is 5.02 Å². The van der Waals surface area contributed by atoms with Crippen LogP contribution in [0.3, 0.4) is 0 Å². The van der Waals surface area contributed by atoms with Crippen molar-refractivity contribution < 1.29 is 14.3 Å². The fraction of sp³-hybridized carbons (Fsp3) is 0.357. The van der Waals surface area contributed by atoms with Gasteiger partial charge in [-0.3, -0.25) is 9.48 Å². The zero-order valence-electron chi connectivity index (χ0n) is 12.6. The summed E-state index contributed by atoms with van der Waals surface area (Å²) < 4.78 is 6.26. The van der Waals surface area contributed by atoms with Crippen LogP contribution >= 0.6 is 22.9 Å². The number of nitrogens with one attached hydrogen (secondary N) is 1. The molecule has 2 aromatic heterocycles.